The molecule has 2 bridgehead atoms. The average Bonchev–Trinajstić information content (AvgIpc) is 3.33. The number of methoxy groups -OCH3 is 2. The molecule has 4 aliphatic rings. The van der Waals surface area contributed by atoms with Gasteiger partial charge in [-0.15, -0.1) is 0 Å². The lowest BCUT2D eigenvalue weighted by molar-refractivity contribution is -0.264. The van der Waals surface area contributed by atoms with Gasteiger partial charge in [-0.05, 0) is 108 Å². The van der Waals surface area contributed by atoms with Gasteiger partial charge in [0.05, 0.1) is 31.0 Å². The number of hydrogen-bond donors (Lipinski definition) is 5. The zero-order valence-corrected chi connectivity index (χ0v) is 42.9. The van der Waals surface area contributed by atoms with Gasteiger partial charge in [0.1, 0.15) is 36.7 Å². The van der Waals surface area contributed by atoms with Crippen LogP contribution in [0.4, 0.5) is 4.79 Å². The van der Waals surface area contributed by atoms with E-state index in [0.29, 0.717) is 68.9 Å². The minimum absolute atomic E-state index is 0.0287. The lowest BCUT2D eigenvalue weighted by atomic mass is 9.78. The first-order valence-electron chi connectivity index (χ1n) is 25.3. The van der Waals surface area contributed by atoms with Gasteiger partial charge in [0.2, 0.25) is 5.79 Å². The van der Waals surface area contributed by atoms with Crippen LogP contribution in [0.25, 0.3) is 0 Å². The maximum atomic E-state index is 14.4. The number of carbonyl (C=O) groups excluding carboxylic acids is 6. The number of aliphatic hydroxyl groups is 4. The van der Waals surface area contributed by atoms with Crippen molar-refractivity contribution in [2.45, 2.75) is 180 Å². The molecule has 394 valence electrons. The maximum absolute atomic E-state index is 14.4. The van der Waals surface area contributed by atoms with Crippen molar-refractivity contribution < 1.29 is 72.9 Å². The number of nitrogens with zero attached hydrogens (tertiary/aromatic N) is 1. The number of fused-ring (bicyclic) bond motifs is 3. The summed E-state index contributed by atoms with van der Waals surface area (Å²) in [5.74, 6) is -8.71. The van der Waals surface area contributed by atoms with Crippen molar-refractivity contribution in [2.75, 3.05) is 34.0 Å². The quantitative estimate of drug-likeness (QED) is 0.118. The molecule has 0 aromatic rings. The molecule has 0 spiro atoms. The number of alkyl carbamates (subject to hydrolysis) is 1. The Labute approximate surface area is 414 Å². The predicted molar refractivity (Wildman–Crippen MR) is 260 cm³/mol. The number of rotatable bonds is 8. The molecule has 3 heterocycles. The SMILES string of the molecule is CO[C@@H]1C[C@H](C[C@@H](C)[C@@H]2CC(=O)[C@H](C)/C=C(\C)[C@@H](O)[C@@H](OC)C(=O)[C@H](C)C[C@H](C)/C=C/C=C/C=C(\C)C(NC(=O)OCCO)C[C@@H]3CC[C@@H](C)[C@@](O)(O3)C(=O)C(=O)N3CCCC[C@H]3C(=O)O2)CC[C@H]1O. The molecular formula is C53H82N2O15. The molecule has 17 heteroatoms. The third-order valence-corrected chi connectivity index (χ3v) is 14.9. The fraction of sp³-hybridized carbons (Fsp3) is 0.736. The van der Waals surface area contributed by atoms with Crippen LogP contribution in [0.15, 0.2) is 47.6 Å². The van der Waals surface area contributed by atoms with Crippen LogP contribution in [-0.4, -0.2) is 149 Å². The number of amides is 2. The molecule has 70 heavy (non-hydrogen) atoms. The van der Waals surface area contributed by atoms with Crippen LogP contribution in [0.1, 0.15) is 126 Å². The second-order valence-corrected chi connectivity index (χ2v) is 20.4. The normalized spacial score (nSPS) is 38.2. The van der Waals surface area contributed by atoms with Crippen molar-refractivity contribution in [3.63, 3.8) is 0 Å². The van der Waals surface area contributed by atoms with E-state index < -0.39 is 89.9 Å². The van der Waals surface area contributed by atoms with Gasteiger partial charge < -0.3 is 54.3 Å². The van der Waals surface area contributed by atoms with Crippen molar-refractivity contribution in [3.05, 3.63) is 47.6 Å². The number of aliphatic hydroxyl groups excluding tert-OH is 3. The molecule has 0 radical (unpaired) electrons. The minimum Gasteiger partial charge on any atom is -0.460 e. The van der Waals surface area contributed by atoms with Crippen LogP contribution in [0.2, 0.25) is 0 Å². The number of Topliss-reactive ketones (excluding diaryl/α,β-unsaturated/α-hetero) is 3. The molecular weight excluding hydrogens is 905 g/mol. The van der Waals surface area contributed by atoms with Crippen LogP contribution in [0.5, 0.6) is 0 Å². The summed E-state index contributed by atoms with van der Waals surface area (Å²) in [6.07, 6.45) is 9.07. The zero-order valence-electron chi connectivity index (χ0n) is 42.9. The number of esters is 1. The molecule has 1 aliphatic carbocycles. The summed E-state index contributed by atoms with van der Waals surface area (Å²) in [7, 11) is 2.91. The summed E-state index contributed by atoms with van der Waals surface area (Å²) < 4.78 is 28.6. The van der Waals surface area contributed by atoms with E-state index in [0.717, 1.165) is 4.90 Å². The van der Waals surface area contributed by atoms with E-state index in [1.54, 1.807) is 66.0 Å². The van der Waals surface area contributed by atoms with Gasteiger partial charge >= 0.3 is 12.1 Å². The Morgan fingerprint density at radius 3 is 2.33 bits per heavy atom. The van der Waals surface area contributed by atoms with E-state index in [1.807, 2.05) is 26.0 Å². The third-order valence-electron chi connectivity index (χ3n) is 14.9. The number of allylic oxidation sites excluding steroid dienone is 6. The van der Waals surface area contributed by atoms with E-state index in [-0.39, 0.29) is 74.4 Å². The second-order valence-electron chi connectivity index (χ2n) is 20.4. The maximum Gasteiger partial charge on any atom is 0.407 e. The number of nitrogens with one attached hydrogen (secondary N) is 1. The van der Waals surface area contributed by atoms with E-state index >= 15 is 0 Å². The Balaban J connectivity index is 1.73. The first kappa shape index (κ1) is 58.5. The summed E-state index contributed by atoms with van der Waals surface area (Å²) in [5.41, 5.74) is 1.02. The Morgan fingerprint density at radius 2 is 1.64 bits per heavy atom. The minimum atomic E-state index is -2.56. The molecule has 2 saturated heterocycles. The largest absolute Gasteiger partial charge is 0.460 e. The smallest absolute Gasteiger partial charge is 0.407 e. The molecule has 17 nitrogen and oxygen atoms in total. The highest BCUT2D eigenvalue weighted by Crippen LogP contribution is 2.37. The second kappa shape index (κ2) is 27.6. The first-order chi connectivity index (χ1) is 33.1. The van der Waals surface area contributed by atoms with Gasteiger partial charge in [-0.1, -0.05) is 76.6 Å². The molecule has 3 fully saturated rings. The van der Waals surface area contributed by atoms with Gasteiger partial charge in [0.25, 0.3) is 11.7 Å². The van der Waals surface area contributed by atoms with E-state index in [9.17, 15) is 49.2 Å². The molecule has 3 aliphatic heterocycles. The van der Waals surface area contributed by atoms with Gasteiger partial charge in [0, 0.05) is 44.9 Å². The summed E-state index contributed by atoms with van der Waals surface area (Å²) in [5, 5.41) is 46.1. The predicted octanol–water partition coefficient (Wildman–Crippen LogP) is 5.25. The number of ketones is 3. The Bertz CT molecular complexity index is 1910. The highest BCUT2D eigenvalue weighted by atomic mass is 16.6. The fourth-order valence-electron chi connectivity index (χ4n) is 10.4. The van der Waals surface area contributed by atoms with E-state index in [4.69, 9.17) is 23.7 Å². The molecule has 5 N–H and O–H groups in total. The van der Waals surface area contributed by atoms with Crippen LogP contribution in [0.3, 0.4) is 0 Å². The van der Waals surface area contributed by atoms with Crippen molar-refractivity contribution in [1.82, 2.24) is 10.2 Å². The molecule has 15 atom stereocenters. The van der Waals surface area contributed by atoms with Crippen molar-refractivity contribution in [2.24, 2.45) is 35.5 Å². The number of hydrogen-bond acceptors (Lipinski definition) is 15. The summed E-state index contributed by atoms with van der Waals surface area (Å²) in [4.78, 5) is 85.0. The molecule has 0 aromatic heterocycles. The van der Waals surface area contributed by atoms with Crippen molar-refractivity contribution >= 4 is 35.3 Å². The number of carbonyl (C=O) groups is 6. The highest BCUT2D eigenvalue weighted by molar-refractivity contribution is 6.39. The van der Waals surface area contributed by atoms with Crippen LogP contribution < -0.4 is 5.32 Å². The van der Waals surface area contributed by atoms with Crippen LogP contribution in [0, 0.1) is 35.5 Å². The fourth-order valence-corrected chi connectivity index (χ4v) is 10.4. The molecule has 2 amide bonds. The Hall–Kier alpha value is -4.10. The number of cyclic esters (lactones) is 1. The third kappa shape index (κ3) is 15.9. The lowest BCUT2D eigenvalue weighted by Crippen LogP contribution is -2.61. The molecule has 4 rings (SSSR count). The average molecular weight is 987 g/mol. The number of ether oxygens (including phenoxy) is 5. The van der Waals surface area contributed by atoms with Gasteiger partial charge in [-0.25, -0.2) is 9.59 Å². The molecule has 0 aromatic carbocycles. The van der Waals surface area contributed by atoms with Crippen LogP contribution >= 0.6 is 0 Å². The van der Waals surface area contributed by atoms with Crippen molar-refractivity contribution in [1.29, 1.82) is 0 Å². The molecule has 1 saturated carbocycles. The van der Waals surface area contributed by atoms with Crippen LogP contribution in [-0.2, 0) is 47.7 Å². The monoisotopic (exact) mass is 987 g/mol. The van der Waals surface area contributed by atoms with Gasteiger partial charge in [-0.3, -0.25) is 19.2 Å². The van der Waals surface area contributed by atoms with Gasteiger partial charge in [0.15, 0.2) is 5.78 Å². The summed E-state index contributed by atoms with van der Waals surface area (Å²) >= 11 is 0. The highest BCUT2D eigenvalue weighted by Gasteiger charge is 2.53. The van der Waals surface area contributed by atoms with E-state index in [2.05, 4.69) is 5.32 Å². The number of piperidine rings is 1. The lowest BCUT2D eigenvalue weighted by Gasteiger charge is -2.43. The standard InChI is InChI=1S/C53H82N2O15/c1-31-15-11-10-12-16-32(2)40(54-52(64)68-24-23-56)29-39-20-18-37(7)53(65,70-39)49(61)50(62)55-22-14-13-17-41(55)51(63)69-44(34(4)27-38-19-21-42(57)45(28-38)66-8)30-43(58)33(3)26-36(6)47(60)48(67-9)46(59)35(5)25-31/h10-12,15-16,26,31,33-35,37-42,44-45,47-48,56-57,60,65H,13-14,17-25,27-30H2,1-9H3,(H,54,64)/b12-10+,15-11+,32-16+,36-26+/t31-,33-,34-,35-,37-,38+,39+,40?,41+,42-,44+,45-,47-,48+,53-/m1/s1. The molecule has 1 unspecified atom stereocenters. The Kier molecular flexibility index (Phi) is 23.1. The van der Waals surface area contributed by atoms with Crippen molar-refractivity contribution in [3.8, 4) is 0 Å². The topological polar surface area (TPSA) is 245 Å². The summed E-state index contributed by atoms with van der Waals surface area (Å²) in [6.45, 7) is 11.7. The Morgan fingerprint density at radius 1 is 0.914 bits per heavy atom. The van der Waals surface area contributed by atoms with Gasteiger partial charge in [-0.2, -0.15) is 0 Å². The first-order valence-corrected chi connectivity index (χ1v) is 25.3. The zero-order chi connectivity index (χ0) is 51.9. The summed E-state index contributed by atoms with van der Waals surface area (Å²) in [6, 6.07) is -1.93. The van der Waals surface area contributed by atoms with E-state index in [1.165, 1.54) is 7.11 Å².